The molecule has 0 amide bonds. The second-order valence-corrected chi connectivity index (χ2v) is 7.20. The third-order valence-corrected chi connectivity index (χ3v) is 5.25. The summed E-state index contributed by atoms with van der Waals surface area (Å²) in [6, 6.07) is 8.40. The molecule has 1 rings (SSSR count). The van der Waals surface area contributed by atoms with Crippen molar-refractivity contribution in [1.82, 2.24) is 0 Å². The topological polar surface area (TPSA) is 44.8 Å². The van der Waals surface area contributed by atoms with Crippen molar-refractivity contribution >= 4 is 12.7 Å². The van der Waals surface area contributed by atoms with Gasteiger partial charge in [0.05, 0.1) is 19.8 Å². The Hall–Kier alpha value is -0.670. The van der Waals surface area contributed by atoms with E-state index in [4.69, 9.17) is 14.0 Å². The highest BCUT2D eigenvalue weighted by Crippen LogP contribution is 2.52. The van der Waals surface area contributed by atoms with Gasteiger partial charge in [0.15, 0.2) is 0 Å². The van der Waals surface area contributed by atoms with Crippen molar-refractivity contribution in [3.05, 3.63) is 30.3 Å². The van der Waals surface area contributed by atoms with Gasteiger partial charge in [-0.05, 0) is 31.4 Å². The number of ether oxygens (including phenoxy) is 2. The van der Waals surface area contributed by atoms with E-state index in [0.29, 0.717) is 25.1 Å². The van der Waals surface area contributed by atoms with Gasteiger partial charge in [0, 0.05) is 5.30 Å². The van der Waals surface area contributed by atoms with Gasteiger partial charge in [-0.3, -0.25) is 4.57 Å². The summed E-state index contributed by atoms with van der Waals surface area (Å²) in [7, 11) is -3.20. The van der Waals surface area contributed by atoms with Gasteiger partial charge in [0.2, 0.25) is 6.03 Å². The fourth-order valence-electron chi connectivity index (χ4n) is 1.80. The van der Waals surface area contributed by atoms with E-state index in [1.807, 2.05) is 51.1 Å². The third-order valence-electron chi connectivity index (χ3n) is 2.81. The Balaban J connectivity index is 3.02. The van der Waals surface area contributed by atoms with Crippen molar-refractivity contribution in [2.45, 2.75) is 46.1 Å². The molecule has 0 saturated carbocycles. The van der Waals surface area contributed by atoms with Gasteiger partial charge >= 0.3 is 0 Å². The summed E-state index contributed by atoms with van der Waals surface area (Å²) in [6.07, 6.45) is 2.48. The minimum Gasteiger partial charge on any atom is -0.344 e. The van der Waals surface area contributed by atoms with Crippen LogP contribution in [-0.2, 0) is 18.6 Å². The summed E-state index contributed by atoms with van der Waals surface area (Å²) in [4.78, 5) is 0. The number of hydrogen-bond donors (Lipinski definition) is 0. The van der Waals surface area contributed by atoms with E-state index in [0.717, 1.165) is 19.3 Å². The lowest BCUT2D eigenvalue weighted by molar-refractivity contribution is -0.0951. The van der Waals surface area contributed by atoms with Gasteiger partial charge in [-0.1, -0.05) is 39.0 Å². The predicted molar refractivity (Wildman–Crippen MR) is 86.2 cm³/mol. The van der Waals surface area contributed by atoms with Gasteiger partial charge in [-0.2, -0.15) is 0 Å². The zero-order chi connectivity index (χ0) is 15.6. The van der Waals surface area contributed by atoms with E-state index < -0.39 is 13.4 Å². The molecular weight excluding hydrogens is 287 g/mol. The van der Waals surface area contributed by atoms with Crippen LogP contribution in [0.1, 0.15) is 40.0 Å². The molecule has 0 aromatic heterocycles. The lowest BCUT2D eigenvalue weighted by atomic mass is 10.4. The maximum absolute atomic E-state index is 13.4. The van der Waals surface area contributed by atoms with Crippen LogP contribution >= 0.6 is 7.37 Å². The SMILES string of the molecule is CCCOC(OCCC)[P@](=O)(OCCC)c1ccccc1. The highest BCUT2D eigenvalue weighted by atomic mass is 31.2. The van der Waals surface area contributed by atoms with Crippen LogP contribution in [0.25, 0.3) is 0 Å². The van der Waals surface area contributed by atoms with E-state index in [1.54, 1.807) is 0 Å². The first-order valence-electron chi connectivity index (χ1n) is 7.72. The van der Waals surface area contributed by atoms with E-state index in [2.05, 4.69) is 0 Å². The first-order chi connectivity index (χ1) is 10.2. The molecule has 4 nitrogen and oxygen atoms in total. The Bertz CT molecular complexity index is 414. The molecular formula is C16H27O4P. The normalized spacial score (nSPS) is 14.3. The summed E-state index contributed by atoms with van der Waals surface area (Å²) in [6.45, 7) is 7.44. The second kappa shape index (κ2) is 10.1. The number of rotatable bonds is 11. The molecule has 21 heavy (non-hydrogen) atoms. The summed E-state index contributed by atoms with van der Waals surface area (Å²) in [5.41, 5.74) is 0. The average Bonchev–Trinajstić information content (AvgIpc) is 2.53. The van der Waals surface area contributed by atoms with Gasteiger partial charge < -0.3 is 14.0 Å². The molecule has 0 N–H and O–H groups in total. The molecule has 120 valence electrons. The Morgan fingerprint density at radius 3 is 1.90 bits per heavy atom. The van der Waals surface area contributed by atoms with E-state index in [9.17, 15) is 4.57 Å². The molecule has 0 aliphatic carbocycles. The Kier molecular flexibility index (Phi) is 8.86. The lowest BCUT2D eigenvalue weighted by Crippen LogP contribution is -2.26. The van der Waals surface area contributed by atoms with Gasteiger partial charge in [0.25, 0.3) is 7.37 Å². The molecule has 1 atom stereocenters. The van der Waals surface area contributed by atoms with Crippen molar-refractivity contribution in [1.29, 1.82) is 0 Å². The van der Waals surface area contributed by atoms with E-state index in [1.165, 1.54) is 0 Å². The fraction of sp³-hybridized carbons (Fsp3) is 0.625. The van der Waals surface area contributed by atoms with Gasteiger partial charge in [-0.15, -0.1) is 0 Å². The van der Waals surface area contributed by atoms with E-state index >= 15 is 0 Å². The van der Waals surface area contributed by atoms with Crippen LogP contribution in [0.5, 0.6) is 0 Å². The quantitative estimate of drug-likeness (QED) is 0.454. The smallest absolute Gasteiger partial charge is 0.286 e. The largest absolute Gasteiger partial charge is 0.344 e. The zero-order valence-electron chi connectivity index (χ0n) is 13.3. The monoisotopic (exact) mass is 314 g/mol. The molecule has 0 aliphatic heterocycles. The zero-order valence-corrected chi connectivity index (χ0v) is 14.2. The summed E-state index contributed by atoms with van der Waals surface area (Å²) >= 11 is 0. The molecule has 1 aromatic carbocycles. The Morgan fingerprint density at radius 1 is 0.905 bits per heavy atom. The highest BCUT2D eigenvalue weighted by molar-refractivity contribution is 7.67. The van der Waals surface area contributed by atoms with Crippen LogP contribution in [0, 0.1) is 0 Å². The van der Waals surface area contributed by atoms with Crippen LogP contribution in [0.3, 0.4) is 0 Å². The maximum Gasteiger partial charge on any atom is 0.286 e. The lowest BCUT2D eigenvalue weighted by Gasteiger charge is -2.27. The second-order valence-electron chi connectivity index (χ2n) is 4.81. The molecule has 0 bridgehead atoms. The van der Waals surface area contributed by atoms with Crippen LogP contribution in [0.2, 0.25) is 0 Å². The molecule has 0 aliphatic rings. The third kappa shape index (κ3) is 5.55. The van der Waals surface area contributed by atoms with Crippen molar-refractivity contribution in [3.63, 3.8) is 0 Å². The maximum atomic E-state index is 13.4. The van der Waals surface area contributed by atoms with Gasteiger partial charge in [0.1, 0.15) is 0 Å². The van der Waals surface area contributed by atoms with Crippen molar-refractivity contribution in [2.75, 3.05) is 19.8 Å². The van der Waals surface area contributed by atoms with Crippen molar-refractivity contribution in [3.8, 4) is 0 Å². The number of benzene rings is 1. The molecule has 0 unspecified atom stereocenters. The molecule has 0 fully saturated rings. The van der Waals surface area contributed by atoms with Gasteiger partial charge in [-0.25, -0.2) is 0 Å². The first kappa shape index (κ1) is 18.4. The van der Waals surface area contributed by atoms with Crippen molar-refractivity contribution < 1.29 is 18.6 Å². The standard InChI is InChI=1S/C16H27O4P/c1-4-12-18-16(19-13-5-2)21(17,20-14-6-3)15-10-8-7-9-11-15/h7-11,16H,4-6,12-14H2,1-3H3/t21-/m1/s1. The van der Waals surface area contributed by atoms with Crippen LogP contribution in [0.4, 0.5) is 0 Å². The van der Waals surface area contributed by atoms with Crippen LogP contribution < -0.4 is 5.30 Å². The van der Waals surface area contributed by atoms with Crippen LogP contribution in [0.15, 0.2) is 30.3 Å². The predicted octanol–water partition coefficient (Wildman–Crippen LogP) is 4.15. The van der Waals surface area contributed by atoms with Crippen molar-refractivity contribution in [2.24, 2.45) is 0 Å². The molecule has 0 radical (unpaired) electrons. The first-order valence-corrected chi connectivity index (χ1v) is 9.41. The minimum absolute atomic E-state index is 0.424. The van der Waals surface area contributed by atoms with Crippen LogP contribution in [-0.4, -0.2) is 25.9 Å². The molecule has 0 spiro atoms. The molecule has 0 heterocycles. The molecule has 5 heteroatoms. The average molecular weight is 314 g/mol. The van der Waals surface area contributed by atoms with E-state index in [-0.39, 0.29) is 0 Å². The summed E-state index contributed by atoms with van der Waals surface area (Å²) in [5.74, 6) is 0. The Morgan fingerprint density at radius 2 is 1.43 bits per heavy atom. The fourth-order valence-corrected chi connectivity index (χ4v) is 3.96. The molecule has 0 saturated heterocycles. The minimum atomic E-state index is -3.20. The Labute approximate surface area is 128 Å². The number of hydrogen-bond acceptors (Lipinski definition) is 4. The summed E-state index contributed by atoms with van der Waals surface area (Å²) < 4.78 is 30.5. The highest BCUT2D eigenvalue weighted by Gasteiger charge is 2.38. The summed E-state index contributed by atoms with van der Waals surface area (Å²) in [5, 5.41) is 0.649. The molecule has 1 aromatic rings.